The average molecular weight is 266 g/mol. The van der Waals surface area contributed by atoms with Crippen LogP contribution in [0.4, 0.5) is 4.39 Å². The lowest BCUT2D eigenvalue weighted by Gasteiger charge is -2.06. The van der Waals surface area contributed by atoms with Gasteiger partial charge >= 0.3 is 0 Å². The Kier molecular flexibility index (Phi) is 3.89. The van der Waals surface area contributed by atoms with Crippen molar-refractivity contribution in [3.05, 3.63) is 58.6 Å². The van der Waals surface area contributed by atoms with Crippen molar-refractivity contribution in [3.8, 4) is 5.75 Å². The minimum Gasteiger partial charge on any atom is -0.487 e. The first-order chi connectivity index (χ1) is 8.69. The van der Waals surface area contributed by atoms with Gasteiger partial charge in [0.05, 0.1) is 11.2 Å². The lowest BCUT2D eigenvalue weighted by Crippen LogP contribution is -1.97. The number of halogens is 2. The smallest absolute Gasteiger partial charge is 0.168 e. The maximum absolute atomic E-state index is 13.2. The van der Waals surface area contributed by atoms with Gasteiger partial charge in [0, 0.05) is 0 Å². The number of hydrogen-bond donors (Lipinski definition) is 0. The Morgan fingerprint density at radius 3 is 2.78 bits per heavy atom. The summed E-state index contributed by atoms with van der Waals surface area (Å²) in [6.45, 7) is 0.205. The summed E-state index contributed by atoms with van der Waals surface area (Å²) in [6, 6.07) is 7.64. The van der Waals surface area contributed by atoms with Gasteiger partial charge in [0.1, 0.15) is 23.9 Å². The van der Waals surface area contributed by atoms with Crippen molar-refractivity contribution < 1.29 is 13.9 Å². The summed E-state index contributed by atoms with van der Waals surface area (Å²) in [5, 5.41) is 0.0794. The Morgan fingerprint density at radius 1 is 1.33 bits per heavy atom. The molecule has 0 unspecified atom stereocenters. The molecule has 1 aromatic heterocycles. The summed E-state index contributed by atoms with van der Waals surface area (Å²) in [5.41, 5.74) is 0.997. The number of carbonyl (C=O) groups excluding carboxylic acids is 1. The van der Waals surface area contributed by atoms with Gasteiger partial charge in [-0.05, 0) is 29.8 Å². The quantitative estimate of drug-likeness (QED) is 0.797. The van der Waals surface area contributed by atoms with E-state index in [0.29, 0.717) is 23.3 Å². The molecule has 18 heavy (non-hydrogen) atoms. The van der Waals surface area contributed by atoms with Crippen molar-refractivity contribution in [2.75, 3.05) is 0 Å². The van der Waals surface area contributed by atoms with Crippen LogP contribution in [0.5, 0.6) is 5.75 Å². The van der Waals surface area contributed by atoms with Crippen molar-refractivity contribution >= 4 is 17.9 Å². The average Bonchev–Trinajstić information content (AvgIpc) is 2.41. The van der Waals surface area contributed by atoms with Gasteiger partial charge in [-0.2, -0.15) is 0 Å². The Labute approximate surface area is 108 Å². The van der Waals surface area contributed by atoms with E-state index in [2.05, 4.69) is 4.98 Å². The number of hydrogen-bond acceptors (Lipinski definition) is 3. The summed E-state index contributed by atoms with van der Waals surface area (Å²) in [5.74, 6) is 0.0307. The second-order valence-electron chi connectivity index (χ2n) is 3.57. The highest BCUT2D eigenvalue weighted by atomic mass is 35.5. The summed E-state index contributed by atoms with van der Waals surface area (Å²) >= 11 is 5.57. The molecule has 0 fully saturated rings. The molecular formula is C13H9ClFNO2. The van der Waals surface area contributed by atoms with E-state index in [1.807, 2.05) is 0 Å². The van der Waals surface area contributed by atoms with Crippen molar-refractivity contribution in [1.29, 1.82) is 0 Å². The van der Waals surface area contributed by atoms with E-state index in [9.17, 15) is 9.18 Å². The topological polar surface area (TPSA) is 39.2 Å². The van der Waals surface area contributed by atoms with Crippen LogP contribution in [0.15, 0.2) is 36.5 Å². The molecule has 5 heteroatoms. The van der Waals surface area contributed by atoms with Crippen LogP contribution in [-0.4, -0.2) is 11.3 Å². The van der Waals surface area contributed by atoms with E-state index in [-0.39, 0.29) is 11.6 Å². The lowest BCUT2D eigenvalue weighted by molar-refractivity contribution is 0.111. The summed E-state index contributed by atoms with van der Waals surface area (Å²) < 4.78 is 18.6. The molecule has 0 amide bonds. The molecule has 0 atom stereocenters. The number of rotatable bonds is 4. The maximum Gasteiger partial charge on any atom is 0.168 e. The second kappa shape index (κ2) is 5.60. The van der Waals surface area contributed by atoms with Crippen molar-refractivity contribution in [2.45, 2.75) is 6.61 Å². The molecule has 2 rings (SSSR count). The molecule has 0 saturated heterocycles. The van der Waals surface area contributed by atoms with Crippen LogP contribution < -0.4 is 4.74 Å². The molecule has 0 spiro atoms. The van der Waals surface area contributed by atoms with Gasteiger partial charge in [0.15, 0.2) is 6.29 Å². The minimum atomic E-state index is -0.479. The summed E-state index contributed by atoms with van der Waals surface area (Å²) in [7, 11) is 0. The first-order valence-corrected chi connectivity index (χ1v) is 5.55. The van der Waals surface area contributed by atoms with Crippen LogP contribution in [0.2, 0.25) is 5.02 Å². The van der Waals surface area contributed by atoms with Crippen LogP contribution in [0.1, 0.15) is 16.1 Å². The number of aldehydes is 1. The van der Waals surface area contributed by atoms with Crippen LogP contribution in [0.25, 0.3) is 0 Å². The fourth-order valence-electron chi connectivity index (χ4n) is 1.34. The van der Waals surface area contributed by atoms with Gasteiger partial charge in [-0.1, -0.05) is 17.7 Å². The van der Waals surface area contributed by atoms with Gasteiger partial charge in [-0.3, -0.25) is 4.79 Å². The van der Waals surface area contributed by atoms with Crippen LogP contribution >= 0.6 is 11.6 Å². The number of nitrogens with zero attached hydrogens (tertiary/aromatic N) is 1. The molecule has 92 valence electrons. The molecule has 1 heterocycles. The fraction of sp³-hybridized carbons (Fsp3) is 0.0769. The molecular weight excluding hydrogens is 257 g/mol. The molecule has 0 radical (unpaired) electrons. The number of pyridine rings is 1. The minimum absolute atomic E-state index is 0.0794. The third-order valence-electron chi connectivity index (χ3n) is 2.27. The lowest BCUT2D eigenvalue weighted by atomic mass is 10.2. The van der Waals surface area contributed by atoms with Gasteiger partial charge < -0.3 is 4.74 Å². The third-order valence-corrected chi connectivity index (χ3v) is 2.58. The predicted molar refractivity (Wildman–Crippen MR) is 65.4 cm³/mol. The van der Waals surface area contributed by atoms with E-state index in [4.69, 9.17) is 16.3 Å². The molecule has 0 aliphatic carbocycles. The largest absolute Gasteiger partial charge is 0.487 e. The Morgan fingerprint density at radius 2 is 2.17 bits per heavy atom. The van der Waals surface area contributed by atoms with E-state index >= 15 is 0 Å². The van der Waals surface area contributed by atoms with Crippen molar-refractivity contribution in [3.63, 3.8) is 0 Å². The van der Waals surface area contributed by atoms with E-state index in [0.717, 1.165) is 0 Å². The Balaban J connectivity index is 2.01. The van der Waals surface area contributed by atoms with Crippen LogP contribution in [0, 0.1) is 5.82 Å². The highest BCUT2D eigenvalue weighted by molar-refractivity contribution is 6.30. The monoisotopic (exact) mass is 265 g/mol. The number of carbonyl (C=O) groups is 1. The Bertz CT molecular complexity index is 557. The van der Waals surface area contributed by atoms with E-state index in [1.165, 1.54) is 18.3 Å². The zero-order valence-corrected chi connectivity index (χ0v) is 10.0. The predicted octanol–water partition coefficient (Wildman–Crippen LogP) is 3.27. The Hall–Kier alpha value is -1.94. The van der Waals surface area contributed by atoms with Crippen molar-refractivity contribution in [2.24, 2.45) is 0 Å². The first kappa shape index (κ1) is 12.5. The van der Waals surface area contributed by atoms with E-state index in [1.54, 1.807) is 18.2 Å². The SMILES string of the molecule is O=Cc1ccc(OCc2ccc(Cl)c(F)c2)cn1. The first-order valence-electron chi connectivity index (χ1n) is 5.17. The van der Waals surface area contributed by atoms with Gasteiger partial charge in [-0.15, -0.1) is 0 Å². The number of benzene rings is 1. The highest BCUT2D eigenvalue weighted by Crippen LogP contribution is 2.17. The standard InChI is InChI=1S/C13H9ClFNO2/c14-12-4-1-9(5-13(12)15)8-18-11-3-2-10(7-17)16-6-11/h1-7H,8H2. The second-order valence-corrected chi connectivity index (χ2v) is 3.98. The zero-order chi connectivity index (χ0) is 13.0. The maximum atomic E-state index is 13.2. The normalized spacial score (nSPS) is 10.1. The van der Waals surface area contributed by atoms with Gasteiger partial charge in [0.2, 0.25) is 0 Å². The zero-order valence-electron chi connectivity index (χ0n) is 9.27. The summed E-state index contributed by atoms with van der Waals surface area (Å²) in [6.07, 6.45) is 2.09. The molecule has 3 nitrogen and oxygen atoms in total. The van der Waals surface area contributed by atoms with Crippen molar-refractivity contribution in [1.82, 2.24) is 4.98 Å². The fourth-order valence-corrected chi connectivity index (χ4v) is 1.46. The molecule has 0 N–H and O–H groups in total. The van der Waals surface area contributed by atoms with Gasteiger partial charge in [0.25, 0.3) is 0 Å². The number of ether oxygens (including phenoxy) is 1. The molecule has 0 aliphatic heterocycles. The van der Waals surface area contributed by atoms with Gasteiger partial charge in [-0.25, -0.2) is 9.37 Å². The molecule has 0 saturated carbocycles. The summed E-state index contributed by atoms with van der Waals surface area (Å²) in [4.78, 5) is 14.3. The molecule has 1 aromatic carbocycles. The van der Waals surface area contributed by atoms with Crippen LogP contribution in [-0.2, 0) is 6.61 Å². The number of aromatic nitrogens is 1. The molecule has 0 aliphatic rings. The van der Waals surface area contributed by atoms with E-state index < -0.39 is 5.82 Å². The van der Waals surface area contributed by atoms with Crippen LogP contribution in [0.3, 0.4) is 0 Å². The third kappa shape index (κ3) is 3.05. The molecule has 2 aromatic rings. The molecule has 0 bridgehead atoms. The highest BCUT2D eigenvalue weighted by Gasteiger charge is 2.02.